The molecule has 0 aliphatic rings. The Morgan fingerprint density at radius 3 is 2.33 bits per heavy atom. The first kappa shape index (κ1) is 14.8. The van der Waals surface area contributed by atoms with E-state index in [1.54, 1.807) is 33.8 Å². The van der Waals surface area contributed by atoms with E-state index in [2.05, 4.69) is 5.32 Å². The fourth-order valence-corrected chi connectivity index (χ4v) is 1.35. The van der Waals surface area contributed by atoms with Crippen molar-refractivity contribution in [1.82, 2.24) is 0 Å². The second kappa shape index (κ2) is 4.78. The molecule has 1 aromatic carbocycles. The Labute approximate surface area is 112 Å². The van der Waals surface area contributed by atoms with Crippen LogP contribution in [0.2, 0.25) is 5.02 Å². The number of phenolic OH excluding ortho intramolecular Hbond substituents is 1. The molecule has 0 atom stereocenters. The first-order valence-electron chi connectivity index (χ1n) is 5.64. The maximum absolute atomic E-state index is 12.2. The highest BCUT2D eigenvalue weighted by atomic mass is 35.5. The molecule has 0 unspecified atom stereocenters. The summed E-state index contributed by atoms with van der Waals surface area (Å²) in [6, 6.07) is 4.51. The third-order valence-corrected chi connectivity index (χ3v) is 3.69. The Balaban J connectivity index is 2.91. The molecule has 0 aliphatic carbocycles. The number of rotatable bonds is 3. The molecule has 0 aromatic heterocycles. The number of halogens is 1. The number of amides is 1. The van der Waals surface area contributed by atoms with Crippen molar-refractivity contribution in [3.63, 3.8) is 0 Å². The van der Waals surface area contributed by atoms with Crippen molar-refractivity contribution in [2.45, 2.75) is 33.2 Å². The van der Waals surface area contributed by atoms with Crippen molar-refractivity contribution >= 4 is 23.2 Å². The maximum Gasteiger partial charge on any atom is 0.231 e. The van der Waals surface area contributed by atoms with Crippen molar-refractivity contribution in [2.75, 3.05) is 5.32 Å². The van der Waals surface area contributed by atoms with Crippen molar-refractivity contribution in [3.05, 3.63) is 23.2 Å². The molecule has 0 bridgehead atoms. The van der Waals surface area contributed by atoms with E-state index < -0.39 is 11.0 Å². The van der Waals surface area contributed by atoms with E-state index in [0.717, 1.165) is 0 Å². The highest BCUT2D eigenvalue weighted by molar-refractivity contribution is 6.32. The van der Waals surface area contributed by atoms with E-state index in [-0.39, 0.29) is 16.7 Å². The fraction of sp³-hybridized carbons (Fsp3) is 0.462. The van der Waals surface area contributed by atoms with Gasteiger partial charge < -0.3 is 16.2 Å². The van der Waals surface area contributed by atoms with E-state index >= 15 is 0 Å². The van der Waals surface area contributed by atoms with Crippen molar-refractivity contribution in [2.24, 2.45) is 11.1 Å². The lowest BCUT2D eigenvalue weighted by Crippen LogP contribution is -2.53. The van der Waals surface area contributed by atoms with Gasteiger partial charge in [-0.25, -0.2) is 0 Å². The first-order chi connectivity index (χ1) is 8.05. The summed E-state index contributed by atoms with van der Waals surface area (Å²) in [5.74, 6) is -0.218. The Morgan fingerprint density at radius 2 is 1.89 bits per heavy atom. The molecule has 4 nitrogen and oxygen atoms in total. The molecule has 0 spiro atoms. The molecule has 5 heteroatoms. The number of aromatic hydroxyl groups is 1. The van der Waals surface area contributed by atoms with E-state index in [0.29, 0.717) is 5.69 Å². The summed E-state index contributed by atoms with van der Waals surface area (Å²) in [5.41, 5.74) is 5.13. The smallest absolute Gasteiger partial charge is 0.231 e. The SMILES string of the molecule is CC(C)(N)C(C)(C)C(=O)Nc1ccc(O)c(Cl)c1. The highest BCUT2D eigenvalue weighted by Crippen LogP contribution is 2.31. The zero-order valence-corrected chi connectivity index (χ0v) is 11.8. The highest BCUT2D eigenvalue weighted by Gasteiger charge is 2.40. The van der Waals surface area contributed by atoms with Gasteiger partial charge in [0.1, 0.15) is 5.75 Å². The Bertz CT molecular complexity index is 465. The van der Waals surface area contributed by atoms with E-state index in [1.807, 2.05) is 0 Å². The van der Waals surface area contributed by atoms with Crippen LogP contribution in [0.15, 0.2) is 18.2 Å². The minimum absolute atomic E-state index is 0.0203. The third kappa shape index (κ3) is 2.94. The van der Waals surface area contributed by atoms with E-state index in [1.165, 1.54) is 12.1 Å². The quantitative estimate of drug-likeness (QED) is 0.739. The van der Waals surface area contributed by atoms with Gasteiger partial charge in [-0.1, -0.05) is 11.6 Å². The molecule has 18 heavy (non-hydrogen) atoms. The Morgan fingerprint density at radius 1 is 1.33 bits per heavy atom. The number of carbonyl (C=O) groups excluding carboxylic acids is 1. The summed E-state index contributed by atoms with van der Waals surface area (Å²) in [7, 11) is 0. The molecule has 1 aromatic rings. The number of nitrogens with two attached hydrogens (primary N) is 1. The second-order valence-corrected chi connectivity index (χ2v) is 5.87. The Hall–Kier alpha value is -1.26. The number of phenols is 1. The predicted molar refractivity (Wildman–Crippen MR) is 73.8 cm³/mol. The average molecular weight is 271 g/mol. The molecule has 4 N–H and O–H groups in total. The number of hydrogen-bond acceptors (Lipinski definition) is 3. The molecule has 0 aliphatic heterocycles. The number of benzene rings is 1. The molecule has 0 radical (unpaired) electrons. The molecular weight excluding hydrogens is 252 g/mol. The summed E-state index contributed by atoms with van der Waals surface area (Å²) in [4.78, 5) is 12.2. The van der Waals surface area contributed by atoms with Crippen LogP contribution in [-0.4, -0.2) is 16.6 Å². The summed E-state index contributed by atoms with van der Waals surface area (Å²) in [6.45, 7) is 7.17. The maximum atomic E-state index is 12.2. The first-order valence-corrected chi connectivity index (χ1v) is 6.02. The largest absolute Gasteiger partial charge is 0.506 e. The van der Waals surface area contributed by atoms with Crippen LogP contribution >= 0.6 is 11.6 Å². The van der Waals surface area contributed by atoms with Crippen LogP contribution in [0.5, 0.6) is 5.75 Å². The topological polar surface area (TPSA) is 75.4 Å². The van der Waals surface area contributed by atoms with Crippen LogP contribution < -0.4 is 11.1 Å². The molecule has 0 saturated carbocycles. The molecular formula is C13H19ClN2O2. The van der Waals surface area contributed by atoms with E-state index in [9.17, 15) is 9.90 Å². The molecule has 1 rings (SSSR count). The zero-order chi connectivity index (χ0) is 14.1. The number of carbonyl (C=O) groups is 1. The van der Waals surface area contributed by atoms with Gasteiger partial charge in [0.05, 0.1) is 10.4 Å². The molecule has 0 heterocycles. The second-order valence-electron chi connectivity index (χ2n) is 5.47. The number of nitrogens with one attached hydrogen (secondary N) is 1. The molecule has 1 amide bonds. The summed E-state index contributed by atoms with van der Waals surface area (Å²) in [6.07, 6.45) is 0. The summed E-state index contributed by atoms with van der Waals surface area (Å²) in [5, 5.41) is 12.2. The van der Waals surface area contributed by atoms with Gasteiger partial charge in [0.2, 0.25) is 5.91 Å². The number of anilines is 1. The zero-order valence-electron chi connectivity index (χ0n) is 11.0. The van der Waals surface area contributed by atoms with Crippen LogP contribution in [0, 0.1) is 5.41 Å². The van der Waals surface area contributed by atoms with Crippen LogP contribution in [0.1, 0.15) is 27.7 Å². The summed E-state index contributed by atoms with van der Waals surface area (Å²) >= 11 is 5.78. The van der Waals surface area contributed by atoms with Crippen molar-refractivity contribution in [3.8, 4) is 5.75 Å². The van der Waals surface area contributed by atoms with Gasteiger partial charge >= 0.3 is 0 Å². The van der Waals surface area contributed by atoms with Gasteiger partial charge in [-0.15, -0.1) is 0 Å². The lowest BCUT2D eigenvalue weighted by atomic mass is 9.74. The van der Waals surface area contributed by atoms with Gasteiger partial charge in [-0.2, -0.15) is 0 Å². The predicted octanol–water partition coefficient (Wildman–Crippen LogP) is 2.75. The minimum Gasteiger partial charge on any atom is -0.506 e. The molecule has 0 saturated heterocycles. The third-order valence-electron chi connectivity index (χ3n) is 3.38. The number of hydrogen-bond donors (Lipinski definition) is 3. The lowest BCUT2D eigenvalue weighted by molar-refractivity contribution is -0.126. The standard InChI is InChI=1S/C13H19ClN2O2/c1-12(2,13(3,4)15)11(18)16-8-5-6-10(17)9(14)7-8/h5-7,17H,15H2,1-4H3,(H,16,18). The fourth-order valence-electron chi connectivity index (χ4n) is 1.16. The van der Waals surface area contributed by atoms with Crippen molar-refractivity contribution < 1.29 is 9.90 Å². The summed E-state index contributed by atoms with van der Waals surface area (Å²) < 4.78 is 0. The molecule has 100 valence electrons. The molecule has 0 fully saturated rings. The monoisotopic (exact) mass is 270 g/mol. The van der Waals surface area contributed by atoms with Gasteiger partial charge in [-0.05, 0) is 45.9 Å². The van der Waals surface area contributed by atoms with Gasteiger partial charge in [0.15, 0.2) is 0 Å². The van der Waals surface area contributed by atoms with Gasteiger partial charge in [-0.3, -0.25) is 4.79 Å². The average Bonchev–Trinajstić information content (AvgIpc) is 2.21. The van der Waals surface area contributed by atoms with Gasteiger partial charge in [0, 0.05) is 11.2 Å². The minimum atomic E-state index is -0.739. The Kier molecular flexibility index (Phi) is 3.93. The van der Waals surface area contributed by atoms with Crippen LogP contribution in [0.4, 0.5) is 5.69 Å². The lowest BCUT2D eigenvalue weighted by Gasteiger charge is -2.36. The van der Waals surface area contributed by atoms with Crippen LogP contribution in [0.25, 0.3) is 0 Å². The van der Waals surface area contributed by atoms with Crippen molar-refractivity contribution in [1.29, 1.82) is 0 Å². The normalized spacial score (nSPS) is 12.3. The van der Waals surface area contributed by atoms with E-state index in [4.69, 9.17) is 17.3 Å². The van der Waals surface area contributed by atoms with Crippen LogP contribution in [0.3, 0.4) is 0 Å². The van der Waals surface area contributed by atoms with Gasteiger partial charge in [0.25, 0.3) is 0 Å². The van der Waals surface area contributed by atoms with Crippen LogP contribution in [-0.2, 0) is 4.79 Å².